The van der Waals surface area contributed by atoms with E-state index in [-0.39, 0.29) is 12.1 Å². The standard InChI is InChI=1S/C12H24N2O2/c1-5-6-9-7-13-8-10(9)14-11(15)16-12(2,3)4/h9-10,13H,5-8H2,1-4H3,(H,14,15)/t9-,10+/m0/s1. The number of carbonyl (C=O) groups is 1. The van der Waals surface area contributed by atoms with Gasteiger partial charge in [0.2, 0.25) is 0 Å². The van der Waals surface area contributed by atoms with Crippen molar-refractivity contribution in [1.29, 1.82) is 0 Å². The predicted molar refractivity (Wildman–Crippen MR) is 64.4 cm³/mol. The lowest BCUT2D eigenvalue weighted by atomic mass is 9.98. The first-order valence-corrected chi connectivity index (χ1v) is 6.12. The van der Waals surface area contributed by atoms with Crippen LogP contribution in [0.3, 0.4) is 0 Å². The maximum absolute atomic E-state index is 11.6. The molecule has 0 saturated carbocycles. The summed E-state index contributed by atoms with van der Waals surface area (Å²) < 4.78 is 5.25. The van der Waals surface area contributed by atoms with E-state index in [1.807, 2.05) is 20.8 Å². The number of amides is 1. The van der Waals surface area contributed by atoms with Gasteiger partial charge in [0.25, 0.3) is 0 Å². The first-order valence-electron chi connectivity index (χ1n) is 6.12. The molecule has 1 aliphatic heterocycles. The number of rotatable bonds is 3. The van der Waals surface area contributed by atoms with Crippen LogP contribution in [0, 0.1) is 5.92 Å². The van der Waals surface area contributed by atoms with Crippen LogP contribution in [0.25, 0.3) is 0 Å². The van der Waals surface area contributed by atoms with Gasteiger partial charge >= 0.3 is 6.09 Å². The van der Waals surface area contributed by atoms with Crippen LogP contribution < -0.4 is 10.6 Å². The normalized spacial score (nSPS) is 25.5. The predicted octanol–water partition coefficient (Wildman–Crippen LogP) is 1.90. The molecule has 1 amide bonds. The first kappa shape index (κ1) is 13.3. The Labute approximate surface area is 98.1 Å². The van der Waals surface area contributed by atoms with Crippen molar-refractivity contribution in [3.05, 3.63) is 0 Å². The molecule has 1 rings (SSSR count). The summed E-state index contributed by atoms with van der Waals surface area (Å²) in [6.45, 7) is 9.65. The molecule has 2 N–H and O–H groups in total. The van der Waals surface area contributed by atoms with Crippen LogP contribution in [0.1, 0.15) is 40.5 Å². The third-order valence-electron chi connectivity index (χ3n) is 2.70. The van der Waals surface area contributed by atoms with Crippen LogP contribution in [0.5, 0.6) is 0 Å². The zero-order chi connectivity index (χ0) is 12.2. The van der Waals surface area contributed by atoms with E-state index >= 15 is 0 Å². The molecule has 1 fully saturated rings. The van der Waals surface area contributed by atoms with Crippen molar-refractivity contribution in [2.45, 2.75) is 52.2 Å². The highest BCUT2D eigenvalue weighted by Gasteiger charge is 2.29. The summed E-state index contributed by atoms with van der Waals surface area (Å²) in [5.74, 6) is 0.539. The summed E-state index contributed by atoms with van der Waals surface area (Å²) in [5.41, 5.74) is -0.420. The van der Waals surface area contributed by atoms with Crippen molar-refractivity contribution in [3.63, 3.8) is 0 Å². The molecule has 0 radical (unpaired) electrons. The Balaban J connectivity index is 2.38. The molecular weight excluding hydrogens is 204 g/mol. The van der Waals surface area contributed by atoms with Gasteiger partial charge in [-0.15, -0.1) is 0 Å². The second-order valence-electron chi connectivity index (χ2n) is 5.46. The lowest BCUT2D eigenvalue weighted by molar-refractivity contribution is 0.0496. The maximum atomic E-state index is 11.6. The van der Waals surface area contributed by atoms with Gasteiger partial charge in [-0.1, -0.05) is 13.3 Å². The Kier molecular flexibility index (Phi) is 4.59. The Morgan fingerprint density at radius 2 is 2.12 bits per heavy atom. The molecule has 0 spiro atoms. The van der Waals surface area contributed by atoms with Gasteiger partial charge in [-0.2, -0.15) is 0 Å². The van der Waals surface area contributed by atoms with Gasteiger partial charge in [0, 0.05) is 19.1 Å². The minimum absolute atomic E-state index is 0.217. The Morgan fingerprint density at radius 3 is 2.69 bits per heavy atom. The topological polar surface area (TPSA) is 50.4 Å². The second-order valence-corrected chi connectivity index (χ2v) is 5.46. The van der Waals surface area contributed by atoms with E-state index in [9.17, 15) is 4.79 Å². The molecule has 94 valence electrons. The second kappa shape index (κ2) is 5.53. The molecule has 0 unspecified atom stereocenters. The molecule has 1 heterocycles. The van der Waals surface area contributed by atoms with Gasteiger partial charge in [0.15, 0.2) is 0 Å². The molecular formula is C12H24N2O2. The lowest BCUT2D eigenvalue weighted by Gasteiger charge is -2.24. The van der Waals surface area contributed by atoms with Crippen molar-refractivity contribution in [2.75, 3.05) is 13.1 Å². The van der Waals surface area contributed by atoms with Gasteiger partial charge in [-0.05, 0) is 33.1 Å². The number of carbonyl (C=O) groups excluding carboxylic acids is 1. The van der Waals surface area contributed by atoms with Crippen molar-refractivity contribution >= 4 is 6.09 Å². The molecule has 1 aliphatic rings. The average Bonchev–Trinajstić information content (AvgIpc) is 2.50. The molecule has 0 aromatic heterocycles. The molecule has 1 saturated heterocycles. The van der Waals surface area contributed by atoms with Crippen molar-refractivity contribution in [3.8, 4) is 0 Å². The Bertz CT molecular complexity index is 236. The van der Waals surface area contributed by atoms with E-state index in [1.54, 1.807) is 0 Å². The highest BCUT2D eigenvalue weighted by atomic mass is 16.6. The van der Waals surface area contributed by atoms with E-state index in [0.717, 1.165) is 25.9 Å². The third kappa shape index (κ3) is 4.39. The molecule has 4 heteroatoms. The zero-order valence-corrected chi connectivity index (χ0v) is 10.8. The molecule has 0 aromatic carbocycles. The quantitative estimate of drug-likeness (QED) is 0.775. The van der Waals surface area contributed by atoms with E-state index < -0.39 is 5.60 Å². The zero-order valence-electron chi connectivity index (χ0n) is 10.8. The van der Waals surface area contributed by atoms with Gasteiger partial charge < -0.3 is 15.4 Å². The Hall–Kier alpha value is -0.770. The SMILES string of the molecule is CCC[C@H]1CNC[C@H]1NC(=O)OC(C)(C)C. The van der Waals surface area contributed by atoms with Crippen molar-refractivity contribution in [1.82, 2.24) is 10.6 Å². The van der Waals surface area contributed by atoms with Gasteiger partial charge in [-0.25, -0.2) is 4.79 Å². The van der Waals surface area contributed by atoms with E-state index in [4.69, 9.17) is 4.74 Å². The summed E-state index contributed by atoms with van der Waals surface area (Å²) in [5, 5.41) is 6.25. The van der Waals surface area contributed by atoms with E-state index in [1.165, 1.54) is 0 Å². The molecule has 2 atom stereocenters. The van der Waals surface area contributed by atoms with Crippen LogP contribution in [0.2, 0.25) is 0 Å². The molecule has 0 aromatic rings. The van der Waals surface area contributed by atoms with Gasteiger partial charge in [0.05, 0.1) is 0 Å². The Morgan fingerprint density at radius 1 is 1.44 bits per heavy atom. The molecule has 0 bridgehead atoms. The summed E-state index contributed by atoms with van der Waals surface area (Å²) >= 11 is 0. The van der Waals surface area contributed by atoms with Crippen LogP contribution in [0.15, 0.2) is 0 Å². The molecule has 16 heavy (non-hydrogen) atoms. The minimum atomic E-state index is -0.420. The smallest absolute Gasteiger partial charge is 0.407 e. The largest absolute Gasteiger partial charge is 0.444 e. The lowest BCUT2D eigenvalue weighted by Crippen LogP contribution is -2.43. The van der Waals surface area contributed by atoms with Crippen LogP contribution in [-0.2, 0) is 4.74 Å². The number of alkyl carbamates (subject to hydrolysis) is 1. The number of ether oxygens (including phenoxy) is 1. The van der Waals surface area contributed by atoms with Crippen LogP contribution >= 0.6 is 0 Å². The number of hydrogen-bond donors (Lipinski definition) is 2. The summed E-state index contributed by atoms with van der Waals surface area (Å²) in [6.07, 6.45) is 1.99. The highest BCUT2D eigenvalue weighted by Crippen LogP contribution is 2.16. The fourth-order valence-electron chi connectivity index (χ4n) is 2.04. The number of hydrogen-bond acceptors (Lipinski definition) is 3. The van der Waals surface area contributed by atoms with Gasteiger partial charge in [0.1, 0.15) is 5.60 Å². The summed E-state index contributed by atoms with van der Waals surface area (Å²) in [4.78, 5) is 11.6. The first-order chi connectivity index (χ1) is 7.42. The fourth-order valence-corrected chi connectivity index (χ4v) is 2.04. The van der Waals surface area contributed by atoms with E-state index in [2.05, 4.69) is 17.6 Å². The van der Waals surface area contributed by atoms with Crippen LogP contribution in [0.4, 0.5) is 4.79 Å². The summed E-state index contributed by atoms with van der Waals surface area (Å²) in [6, 6.07) is 0.217. The number of nitrogens with one attached hydrogen (secondary N) is 2. The molecule has 4 nitrogen and oxygen atoms in total. The van der Waals surface area contributed by atoms with E-state index in [0.29, 0.717) is 5.92 Å². The minimum Gasteiger partial charge on any atom is -0.444 e. The molecule has 0 aliphatic carbocycles. The summed E-state index contributed by atoms with van der Waals surface area (Å²) in [7, 11) is 0. The fraction of sp³-hybridized carbons (Fsp3) is 0.917. The van der Waals surface area contributed by atoms with Crippen molar-refractivity contribution in [2.24, 2.45) is 5.92 Å². The van der Waals surface area contributed by atoms with Crippen molar-refractivity contribution < 1.29 is 9.53 Å². The van der Waals surface area contributed by atoms with Crippen LogP contribution in [-0.4, -0.2) is 30.8 Å². The third-order valence-corrected chi connectivity index (χ3v) is 2.70. The monoisotopic (exact) mass is 228 g/mol. The maximum Gasteiger partial charge on any atom is 0.407 e. The average molecular weight is 228 g/mol. The highest BCUT2D eigenvalue weighted by molar-refractivity contribution is 5.68. The van der Waals surface area contributed by atoms with Gasteiger partial charge in [-0.3, -0.25) is 0 Å².